The molecule has 1 heterocycles. The van der Waals surface area contributed by atoms with E-state index in [-0.39, 0.29) is 23.2 Å². The van der Waals surface area contributed by atoms with Crippen LogP contribution in [0, 0.1) is 13.8 Å². The number of hydrogen-bond donors (Lipinski definition) is 2. The van der Waals surface area contributed by atoms with E-state index in [4.69, 9.17) is 0 Å². The number of thiazole rings is 1. The Morgan fingerprint density at radius 3 is 2.83 bits per heavy atom. The van der Waals surface area contributed by atoms with Crippen LogP contribution in [0.4, 0.5) is 0 Å². The highest BCUT2D eigenvalue weighted by Gasteiger charge is 2.31. The van der Waals surface area contributed by atoms with Crippen LogP contribution in [-0.4, -0.2) is 21.7 Å². The SMILES string of the molecule is Cc1sc(=O)n(CCC(=O)N[C@@H]2c3ccccc3C[C@@H]2O)c1C. The van der Waals surface area contributed by atoms with Crippen molar-refractivity contribution in [1.82, 2.24) is 9.88 Å². The van der Waals surface area contributed by atoms with Crippen molar-refractivity contribution in [2.24, 2.45) is 0 Å². The maximum atomic E-state index is 12.2. The molecule has 0 saturated heterocycles. The van der Waals surface area contributed by atoms with Crippen LogP contribution in [-0.2, 0) is 17.8 Å². The monoisotopic (exact) mass is 332 g/mol. The Labute approximate surface area is 138 Å². The molecular formula is C17H20N2O3S. The Hall–Kier alpha value is -1.92. The number of aliphatic hydroxyl groups excluding tert-OH is 1. The molecule has 6 heteroatoms. The third-order valence-corrected chi connectivity index (χ3v) is 5.45. The molecule has 23 heavy (non-hydrogen) atoms. The molecule has 0 saturated carbocycles. The molecular weight excluding hydrogens is 312 g/mol. The molecule has 0 spiro atoms. The number of nitrogens with one attached hydrogen (secondary N) is 1. The first-order valence-electron chi connectivity index (χ1n) is 7.69. The Morgan fingerprint density at radius 1 is 1.39 bits per heavy atom. The second-order valence-corrected chi connectivity index (χ2v) is 7.09. The van der Waals surface area contributed by atoms with Crippen molar-refractivity contribution in [3.63, 3.8) is 0 Å². The van der Waals surface area contributed by atoms with Crippen LogP contribution in [0.25, 0.3) is 0 Å². The van der Waals surface area contributed by atoms with Gasteiger partial charge in [-0.15, -0.1) is 0 Å². The molecule has 2 N–H and O–H groups in total. The van der Waals surface area contributed by atoms with Gasteiger partial charge in [-0.2, -0.15) is 0 Å². The van der Waals surface area contributed by atoms with Gasteiger partial charge in [0.2, 0.25) is 5.91 Å². The van der Waals surface area contributed by atoms with E-state index in [0.29, 0.717) is 13.0 Å². The molecule has 0 bridgehead atoms. The predicted molar refractivity (Wildman–Crippen MR) is 89.7 cm³/mol. The van der Waals surface area contributed by atoms with Crippen LogP contribution in [0.5, 0.6) is 0 Å². The third kappa shape index (κ3) is 3.09. The maximum absolute atomic E-state index is 12.2. The lowest BCUT2D eigenvalue weighted by atomic mass is 10.1. The Bertz CT molecular complexity index is 793. The first-order valence-corrected chi connectivity index (χ1v) is 8.51. The van der Waals surface area contributed by atoms with Crippen LogP contribution in [0.2, 0.25) is 0 Å². The van der Waals surface area contributed by atoms with Crippen molar-refractivity contribution in [3.8, 4) is 0 Å². The molecule has 1 aliphatic rings. The van der Waals surface area contributed by atoms with E-state index in [0.717, 1.165) is 21.7 Å². The van der Waals surface area contributed by atoms with E-state index in [2.05, 4.69) is 5.32 Å². The molecule has 1 aromatic carbocycles. The number of aryl methyl sites for hydroxylation is 1. The third-order valence-electron chi connectivity index (χ3n) is 4.46. The zero-order valence-electron chi connectivity index (χ0n) is 13.2. The molecule has 3 rings (SSSR count). The summed E-state index contributed by atoms with van der Waals surface area (Å²) in [5.41, 5.74) is 2.97. The van der Waals surface area contributed by atoms with Gasteiger partial charge in [-0.05, 0) is 25.0 Å². The van der Waals surface area contributed by atoms with Crippen molar-refractivity contribution < 1.29 is 9.90 Å². The quantitative estimate of drug-likeness (QED) is 0.895. The molecule has 122 valence electrons. The van der Waals surface area contributed by atoms with Gasteiger partial charge in [0.05, 0.1) is 12.1 Å². The highest BCUT2D eigenvalue weighted by atomic mass is 32.1. The summed E-state index contributed by atoms with van der Waals surface area (Å²) < 4.78 is 1.64. The molecule has 0 unspecified atom stereocenters. The Morgan fingerprint density at radius 2 is 2.13 bits per heavy atom. The highest BCUT2D eigenvalue weighted by Crippen LogP contribution is 2.31. The first-order chi connectivity index (χ1) is 11.0. The van der Waals surface area contributed by atoms with Gasteiger partial charge in [-0.25, -0.2) is 0 Å². The van der Waals surface area contributed by atoms with Crippen LogP contribution in [0.1, 0.15) is 34.2 Å². The van der Waals surface area contributed by atoms with E-state index in [1.54, 1.807) is 4.57 Å². The standard InChI is InChI=1S/C17H20N2O3S/c1-10-11(2)23-17(22)19(10)8-7-15(21)18-16-13-6-4-3-5-12(13)9-14(16)20/h3-6,14,16,20H,7-9H2,1-2H3,(H,18,21)/t14-,16+/m0/s1. The fourth-order valence-electron chi connectivity index (χ4n) is 3.05. The molecule has 5 nitrogen and oxygen atoms in total. The number of carbonyl (C=O) groups excluding carboxylic acids is 1. The topological polar surface area (TPSA) is 71.3 Å². The van der Waals surface area contributed by atoms with Gasteiger partial charge in [-0.3, -0.25) is 9.59 Å². The Kier molecular flexibility index (Phi) is 4.37. The van der Waals surface area contributed by atoms with Crippen molar-refractivity contribution in [3.05, 3.63) is 55.6 Å². The first kappa shape index (κ1) is 16.0. The molecule has 1 aliphatic carbocycles. The number of carbonyl (C=O) groups is 1. The lowest BCUT2D eigenvalue weighted by Gasteiger charge is -2.18. The number of fused-ring (bicyclic) bond motifs is 1. The molecule has 1 aromatic heterocycles. The van der Waals surface area contributed by atoms with E-state index in [9.17, 15) is 14.7 Å². The minimum absolute atomic E-state index is 0.0287. The zero-order chi connectivity index (χ0) is 16.6. The fourth-order valence-corrected chi connectivity index (χ4v) is 3.91. The van der Waals surface area contributed by atoms with Gasteiger partial charge in [-0.1, -0.05) is 35.6 Å². The predicted octanol–water partition coefficient (Wildman–Crippen LogP) is 1.69. The summed E-state index contributed by atoms with van der Waals surface area (Å²) in [4.78, 5) is 25.0. The van der Waals surface area contributed by atoms with Crippen LogP contribution < -0.4 is 10.2 Å². The average molecular weight is 332 g/mol. The summed E-state index contributed by atoms with van der Waals surface area (Å²) in [7, 11) is 0. The second kappa shape index (κ2) is 6.29. The molecule has 0 fully saturated rings. The fraction of sp³-hybridized carbons (Fsp3) is 0.412. The van der Waals surface area contributed by atoms with Crippen molar-refractivity contribution >= 4 is 17.2 Å². The van der Waals surface area contributed by atoms with Gasteiger partial charge in [0.1, 0.15) is 0 Å². The molecule has 1 amide bonds. The van der Waals surface area contributed by atoms with Gasteiger partial charge in [0.25, 0.3) is 0 Å². The van der Waals surface area contributed by atoms with Gasteiger partial charge < -0.3 is 15.0 Å². The lowest BCUT2D eigenvalue weighted by molar-refractivity contribution is -0.122. The summed E-state index contributed by atoms with van der Waals surface area (Å²) >= 11 is 1.21. The van der Waals surface area contributed by atoms with E-state index in [1.165, 1.54) is 11.3 Å². The number of aliphatic hydroxyl groups is 1. The molecule has 2 atom stereocenters. The second-order valence-electron chi connectivity index (χ2n) is 5.93. The number of aromatic nitrogens is 1. The summed E-state index contributed by atoms with van der Waals surface area (Å²) in [6.07, 6.45) is 0.190. The minimum Gasteiger partial charge on any atom is -0.390 e. The number of amides is 1. The van der Waals surface area contributed by atoms with E-state index in [1.807, 2.05) is 38.1 Å². The van der Waals surface area contributed by atoms with Crippen LogP contribution in [0.3, 0.4) is 0 Å². The van der Waals surface area contributed by atoms with E-state index >= 15 is 0 Å². The zero-order valence-corrected chi connectivity index (χ0v) is 14.0. The maximum Gasteiger partial charge on any atom is 0.307 e. The van der Waals surface area contributed by atoms with Crippen molar-refractivity contribution in [2.45, 2.75) is 45.4 Å². The van der Waals surface area contributed by atoms with Crippen molar-refractivity contribution in [2.75, 3.05) is 0 Å². The van der Waals surface area contributed by atoms with Gasteiger partial charge in [0, 0.05) is 30.0 Å². The summed E-state index contributed by atoms with van der Waals surface area (Å²) in [5, 5.41) is 13.1. The summed E-state index contributed by atoms with van der Waals surface area (Å²) in [5.74, 6) is -0.152. The minimum atomic E-state index is -0.593. The summed E-state index contributed by atoms with van der Waals surface area (Å²) in [6.45, 7) is 4.16. The van der Waals surface area contributed by atoms with Gasteiger partial charge in [0.15, 0.2) is 0 Å². The van der Waals surface area contributed by atoms with Crippen molar-refractivity contribution in [1.29, 1.82) is 0 Å². The molecule has 0 aliphatic heterocycles. The largest absolute Gasteiger partial charge is 0.390 e. The van der Waals surface area contributed by atoms with Crippen LogP contribution in [0.15, 0.2) is 29.1 Å². The van der Waals surface area contributed by atoms with E-state index < -0.39 is 6.10 Å². The number of hydrogen-bond acceptors (Lipinski definition) is 4. The number of nitrogens with zero attached hydrogens (tertiary/aromatic N) is 1. The number of benzene rings is 1. The van der Waals surface area contributed by atoms with Gasteiger partial charge >= 0.3 is 4.87 Å². The Balaban J connectivity index is 1.65. The smallest absolute Gasteiger partial charge is 0.307 e. The summed E-state index contributed by atoms with van der Waals surface area (Å²) in [6, 6.07) is 7.40. The average Bonchev–Trinajstić information content (AvgIpc) is 2.95. The number of rotatable bonds is 4. The highest BCUT2D eigenvalue weighted by molar-refractivity contribution is 7.09. The lowest BCUT2D eigenvalue weighted by Crippen LogP contribution is -2.34. The molecule has 0 radical (unpaired) electrons. The molecule has 2 aromatic rings. The van der Waals surface area contributed by atoms with Crippen LogP contribution >= 0.6 is 11.3 Å². The normalized spacial score (nSPS) is 19.6.